The molecule has 0 fully saturated rings. The number of halogens is 1. The summed E-state index contributed by atoms with van der Waals surface area (Å²) in [5, 5.41) is 2.37. The Bertz CT molecular complexity index is 368. The van der Waals surface area contributed by atoms with Crippen LogP contribution in [0, 0.1) is 5.82 Å². The summed E-state index contributed by atoms with van der Waals surface area (Å²) in [5.74, 6) is -0.823. The second kappa shape index (κ2) is 4.86. The fourth-order valence-corrected chi connectivity index (χ4v) is 1.19. The molecule has 15 heavy (non-hydrogen) atoms. The summed E-state index contributed by atoms with van der Waals surface area (Å²) in [7, 11) is 0. The highest BCUT2D eigenvalue weighted by Crippen LogP contribution is 2.18. The average molecular weight is 211 g/mol. The molecule has 0 saturated heterocycles. The molecule has 1 rings (SSSR count). The molecule has 0 aromatic heterocycles. The van der Waals surface area contributed by atoms with Crippen LogP contribution in [0.1, 0.15) is 18.5 Å². The molecule has 0 aliphatic rings. The van der Waals surface area contributed by atoms with E-state index in [-0.39, 0.29) is 24.2 Å². The van der Waals surface area contributed by atoms with Crippen molar-refractivity contribution in [1.82, 2.24) is 0 Å². The van der Waals surface area contributed by atoms with Gasteiger partial charge in [0.15, 0.2) is 0 Å². The van der Waals surface area contributed by atoms with Crippen LogP contribution in [0.15, 0.2) is 18.2 Å². The minimum atomic E-state index is -0.508. The second-order valence-electron chi connectivity index (χ2n) is 3.26. The molecule has 0 bridgehead atoms. The van der Waals surface area contributed by atoms with E-state index in [1.165, 1.54) is 19.1 Å². The molecule has 5 N–H and O–H groups in total. The van der Waals surface area contributed by atoms with Crippen molar-refractivity contribution in [2.24, 2.45) is 11.5 Å². The van der Waals surface area contributed by atoms with Gasteiger partial charge in [-0.3, -0.25) is 4.79 Å². The van der Waals surface area contributed by atoms with E-state index in [1.54, 1.807) is 6.07 Å². The number of amides is 1. The molecule has 0 aliphatic heterocycles. The van der Waals surface area contributed by atoms with Gasteiger partial charge in [0.1, 0.15) is 5.82 Å². The van der Waals surface area contributed by atoms with Gasteiger partial charge in [0.2, 0.25) is 5.91 Å². The SMILES string of the molecule is CC(=O)Nc1ccc([C@@H](N)CN)cc1F. The third-order valence-electron chi connectivity index (χ3n) is 1.99. The third kappa shape index (κ3) is 3.00. The lowest BCUT2D eigenvalue weighted by Gasteiger charge is -2.11. The molecule has 1 atom stereocenters. The van der Waals surface area contributed by atoms with Crippen LogP contribution in [0.5, 0.6) is 0 Å². The molecular weight excluding hydrogens is 197 g/mol. The number of benzene rings is 1. The predicted octanol–water partition coefficient (Wildman–Crippen LogP) is 0.743. The molecule has 0 spiro atoms. The molecule has 0 aliphatic carbocycles. The highest BCUT2D eigenvalue weighted by molar-refractivity contribution is 5.88. The van der Waals surface area contributed by atoms with Crippen LogP contribution in [-0.4, -0.2) is 12.5 Å². The average Bonchev–Trinajstić information content (AvgIpc) is 2.19. The van der Waals surface area contributed by atoms with Crippen LogP contribution in [0.25, 0.3) is 0 Å². The molecule has 1 amide bonds. The zero-order valence-electron chi connectivity index (χ0n) is 8.46. The van der Waals surface area contributed by atoms with Crippen molar-refractivity contribution in [3.05, 3.63) is 29.6 Å². The van der Waals surface area contributed by atoms with Crippen molar-refractivity contribution in [2.45, 2.75) is 13.0 Å². The van der Waals surface area contributed by atoms with Crippen molar-refractivity contribution in [2.75, 3.05) is 11.9 Å². The topological polar surface area (TPSA) is 81.1 Å². The summed E-state index contributed by atoms with van der Waals surface area (Å²) in [4.78, 5) is 10.7. The van der Waals surface area contributed by atoms with Gasteiger partial charge in [0.25, 0.3) is 0 Å². The first-order valence-electron chi connectivity index (χ1n) is 4.57. The van der Waals surface area contributed by atoms with Gasteiger partial charge in [0.05, 0.1) is 5.69 Å². The van der Waals surface area contributed by atoms with Gasteiger partial charge in [-0.2, -0.15) is 0 Å². The number of nitrogens with two attached hydrogens (primary N) is 2. The minimum absolute atomic E-state index is 0.149. The molecule has 0 saturated carbocycles. The molecule has 1 aromatic carbocycles. The molecule has 5 heteroatoms. The molecule has 1 aromatic rings. The lowest BCUT2D eigenvalue weighted by Crippen LogP contribution is -2.21. The first-order valence-corrected chi connectivity index (χ1v) is 4.57. The summed E-state index contributed by atoms with van der Waals surface area (Å²) in [5.41, 5.74) is 11.8. The summed E-state index contributed by atoms with van der Waals surface area (Å²) in [6, 6.07) is 4.02. The number of hydrogen-bond donors (Lipinski definition) is 3. The van der Waals surface area contributed by atoms with E-state index in [2.05, 4.69) is 5.32 Å². The van der Waals surface area contributed by atoms with E-state index in [9.17, 15) is 9.18 Å². The Morgan fingerprint density at radius 1 is 1.60 bits per heavy atom. The molecule has 4 nitrogen and oxygen atoms in total. The number of nitrogens with one attached hydrogen (secondary N) is 1. The van der Waals surface area contributed by atoms with E-state index in [4.69, 9.17) is 11.5 Å². The number of carbonyl (C=O) groups is 1. The fraction of sp³-hybridized carbons (Fsp3) is 0.300. The van der Waals surface area contributed by atoms with E-state index < -0.39 is 5.82 Å². The highest BCUT2D eigenvalue weighted by Gasteiger charge is 2.08. The van der Waals surface area contributed by atoms with E-state index >= 15 is 0 Å². The summed E-state index contributed by atoms with van der Waals surface area (Å²) < 4.78 is 13.4. The largest absolute Gasteiger partial charge is 0.329 e. The summed E-state index contributed by atoms with van der Waals surface area (Å²) in [6.07, 6.45) is 0. The lowest BCUT2D eigenvalue weighted by atomic mass is 10.1. The van der Waals surface area contributed by atoms with Crippen molar-refractivity contribution in [3.8, 4) is 0 Å². The standard InChI is InChI=1S/C10H14FN3O/c1-6(15)14-10-3-2-7(4-8(10)11)9(13)5-12/h2-4,9H,5,12-13H2,1H3,(H,14,15)/t9-/m0/s1. The fourth-order valence-electron chi connectivity index (χ4n) is 1.19. The quantitative estimate of drug-likeness (QED) is 0.689. The molecular formula is C10H14FN3O. The molecule has 0 radical (unpaired) electrons. The maximum atomic E-state index is 13.4. The van der Waals surface area contributed by atoms with Crippen LogP contribution in [-0.2, 0) is 4.79 Å². The van der Waals surface area contributed by atoms with E-state index in [0.29, 0.717) is 5.56 Å². The van der Waals surface area contributed by atoms with E-state index in [0.717, 1.165) is 0 Å². The normalized spacial score (nSPS) is 12.3. The summed E-state index contributed by atoms with van der Waals surface area (Å²) >= 11 is 0. The first-order chi connectivity index (χ1) is 7.04. The maximum Gasteiger partial charge on any atom is 0.221 e. The van der Waals surface area contributed by atoms with E-state index in [1.807, 2.05) is 0 Å². The Morgan fingerprint density at radius 3 is 2.73 bits per heavy atom. The van der Waals surface area contributed by atoms with Gasteiger partial charge in [-0.15, -0.1) is 0 Å². The Kier molecular flexibility index (Phi) is 3.76. The van der Waals surface area contributed by atoms with Gasteiger partial charge < -0.3 is 16.8 Å². The predicted molar refractivity (Wildman–Crippen MR) is 56.7 cm³/mol. The smallest absolute Gasteiger partial charge is 0.221 e. The van der Waals surface area contributed by atoms with Crippen LogP contribution in [0.2, 0.25) is 0 Å². The van der Waals surface area contributed by atoms with Crippen molar-refractivity contribution in [1.29, 1.82) is 0 Å². The lowest BCUT2D eigenvalue weighted by molar-refractivity contribution is -0.114. The zero-order chi connectivity index (χ0) is 11.4. The van der Waals surface area contributed by atoms with Crippen molar-refractivity contribution < 1.29 is 9.18 Å². The van der Waals surface area contributed by atoms with Gasteiger partial charge in [-0.1, -0.05) is 6.07 Å². The van der Waals surface area contributed by atoms with Gasteiger partial charge in [-0.25, -0.2) is 4.39 Å². The van der Waals surface area contributed by atoms with Crippen molar-refractivity contribution >= 4 is 11.6 Å². The second-order valence-corrected chi connectivity index (χ2v) is 3.26. The number of anilines is 1. The van der Waals surface area contributed by atoms with Gasteiger partial charge in [-0.05, 0) is 17.7 Å². The van der Waals surface area contributed by atoms with Gasteiger partial charge >= 0.3 is 0 Å². The number of carbonyl (C=O) groups excluding carboxylic acids is 1. The Morgan fingerprint density at radius 2 is 2.27 bits per heavy atom. The Hall–Kier alpha value is -1.46. The van der Waals surface area contributed by atoms with Crippen LogP contribution in [0.3, 0.4) is 0 Å². The number of hydrogen-bond acceptors (Lipinski definition) is 3. The monoisotopic (exact) mass is 211 g/mol. The Labute approximate surface area is 87.4 Å². The summed E-state index contributed by atoms with van der Waals surface area (Å²) in [6.45, 7) is 1.57. The van der Waals surface area contributed by atoms with Crippen LogP contribution < -0.4 is 16.8 Å². The third-order valence-corrected chi connectivity index (χ3v) is 1.99. The zero-order valence-corrected chi connectivity index (χ0v) is 8.46. The number of rotatable bonds is 3. The van der Waals surface area contributed by atoms with Crippen LogP contribution in [0.4, 0.5) is 10.1 Å². The highest BCUT2D eigenvalue weighted by atomic mass is 19.1. The van der Waals surface area contributed by atoms with Crippen molar-refractivity contribution in [3.63, 3.8) is 0 Å². The molecule has 0 heterocycles. The Balaban J connectivity index is 2.92. The first kappa shape index (κ1) is 11.6. The molecule has 82 valence electrons. The van der Waals surface area contributed by atoms with Gasteiger partial charge in [0, 0.05) is 19.5 Å². The minimum Gasteiger partial charge on any atom is -0.329 e. The van der Waals surface area contributed by atoms with Crippen LogP contribution >= 0.6 is 0 Å². The maximum absolute atomic E-state index is 13.4. The molecule has 0 unspecified atom stereocenters.